The maximum atomic E-state index is 13.5. The molecule has 1 aliphatic carbocycles. The molecule has 0 saturated heterocycles. The Morgan fingerprint density at radius 3 is 2.53 bits per heavy atom. The van der Waals surface area contributed by atoms with E-state index in [0.717, 1.165) is 68.6 Å². The Balaban J connectivity index is 1.25. The van der Waals surface area contributed by atoms with E-state index in [0.29, 0.717) is 5.69 Å². The van der Waals surface area contributed by atoms with Gasteiger partial charge in [0, 0.05) is 28.9 Å². The lowest BCUT2D eigenvalue weighted by Crippen LogP contribution is -2.19. The molecule has 0 unspecified atom stereocenters. The number of fused-ring (bicyclic) bond motifs is 2. The second-order valence-electron chi connectivity index (χ2n) is 9.79. The van der Waals surface area contributed by atoms with Gasteiger partial charge in [-0.15, -0.1) is 0 Å². The van der Waals surface area contributed by atoms with Crippen molar-refractivity contribution in [1.82, 2.24) is 30.1 Å². The van der Waals surface area contributed by atoms with Crippen LogP contribution in [0.15, 0.2) is 73.3 Å². The molecule has 2 N–H and O–H groups in total. The van der Waals surface area contributed by atoms with Gasteiger partial charge in [0.2, 0.25) is 0 Å². The second kappa shape index (κ2) is 9.37. The Morgan fingerprint density at radius 1 is 0.816 bits per heavy atom. The third-order valence-corrected chi connectivity index (χ3v) is 7.23. The number of nitrogens with one attached hydrogen (secondary N) is 2. The highest BCUT2D eigenvalue weighted by Crippen LogP contribution is 2.34. The van der Waals surface area contributed by atoms with E-state index in [9.17, 15) is 4.39 Å². The van der Waals surface area contributed by atoms with E-state index in [1.807, 2.05) is 30.5 Å². The number of halogens is 1. The Hall–Kier alpha value is -4.59. The summed E-state index contributed by atoms with van der Waals surface area (Å²) in [6.45, 7) is 0. The van der Waals surface area contributed by atoms with Crippen LogP contribution in [0, 0.1) is 5.82 Å². The summed E-state index contributed by atoms with van der Waals surface area (Å²) >= 11 is 0. The molecule has 5 heterocycles. The van der Waals surface area contributed by atoms with Crippen molar-refractivity contribution in [3.8, 4) is 39.5 Å². The molecule has 5 aromatic heterocycles. The van der Waals surface area contributed by atoms with Crippen LogP contribution in [0.3, 0.4) is 0 Å². The minimum absolute atomic E-state index is 0.257. The monoisotopic (exact) mass is 504 g/mol. The van der Waals surface area contributed by atoms with Crippen LogP contribution >= 0.6 is 0 Å². The van der Waals surface area contributed by atoms with E-state index in [1.165, 1.54) is 31.4 Å². The zero-order chi connectivity index (χ0) is 25.5. The molecule has 0 atom stereocenters. The van der Waals surface area contributed by atoms with Crippen molar-refractivity contribution < 1.29 is 9.13 Å². The highest BCUT2D eigenvalue weighted by Gasteiger charge is 2.18. The van der Waals surface area contributed by atoms with Crippen LogP contribution in [0.2, 0.25) is 0 Å². The predicted molar refractivity (Wildman–Crippen MR) is 145 cm³/mol. The molecule has 188 valence electrons. The van der Waals surface area contributed by atoms with E-state index in [2.05, 4.69) is 25.1 Å². The second-order valence-corrected chi connectivity index (χ2v) is 9.79. The molecule has 0 spiro atoms. The summed E-state index contributed by atoms with van der Waals surface area (Å²) < 4.78 is 19.7. The van der Waals surface area contributed by atoms with Crippen molar-refractivity contribution in [2.75, 3.05) is 0 Å². The maximum Gasteiger partial charge on any atom is 0.138 e. The molecule has 6 aromatic rings. The lowest BCUT2D eigenvalue weighted by atomic mass is 9.98. The average molecular weight is 505 g/mol. The average Bonchev–Trinajstić information content (AvgIpc) is 3.58. The fourth-order valence-electron chi connectivity index (χ4n) is 5.28. The highest BCUT2D eigenvalue weighted by molar-refractivity contribution is 6.00. The van der Waals surface area contributed by atoms with Gasteiger partial charge in [-0.3, -0.25) is 15.1 Å². The van der Waals surface area contributed by atoms with Crippen LogP contribution in [0.1, 0.15) is 32.1 Å². The molecule has 1 aliphatic rings. The number of benzene rings is 1. The number of pyridine rings is 3. The van der Waals surface area contributed by atoms with Gasteiger partial charge in [-0.05, 0) is 67.6 Å². The van der Waals surface area contributed by atoms with Crippen LogP contribution in [0.25, 0.3) is 55.7 Å². The largest absolute Gasteiger partial charge is 0.489 e. The summed E-state index contributed by atoms with van der Waals surface area (Å²) in [5.74, 6) is 0.509. The van der Waals surface area contributed by atoms with Crippen molar-refractivity contribution in [1.29, 1.82) is 0 Å². The number of aromatic amines is 2. The van der Waals surface area contributed by atoms with Crippen molar-refractivity contribution in [2.24, 2.45) is 0 Å². The quantitative estimate of drug-likeness (QED) is 0.262. The number of H-pyrrole nitrogens is 2. The van der Waals surface area contributed by atoms with Gasteiger partial charge < -0.3 is 9.72 Å². The number of hydrogen-bond donors (Lipinski definition) is 2. The third kappa shape index (κ3) is 4.18. The molecular formula is C30H25FN6O. The van der Waals surface area contributed by atoms with E-state index in [4.69, 9.17) is 9.72 Å². The van der Waals surface area contributed by atoms with Gasteiger partial charge in [0.15, 0.2) is 0 Å². The molecule has 1 saturated carbocycles. The topological polar surface area (TPSA) is 92.4 Å². The Labute approximate surface area is 218 Å². The number of rotatable bonds is 5. The van der Waals surface area contributed by atoms with E-state index < -0.39 is 0 Å². The van der Waals surface area contributed by atoms with Crippen LogP contribution in [-0.4, -0.2) is 36.2 Å². The van der Waals surface area contributed by atoms with Gasteiger partial charge in [0.05, 0.1) is 40.9 Å². The standard InChI is InChI=1S/C30H25FN6O/c31-20-8-6-18(7-9-20)24-16-33-17-28-23(24)13-27(34-28)30-29-26(36-37-30)11-10-25(35-29)19-12-22(15-32-14-19)38-21-4-2-1-3-5-21/h6-17,21,34H,1-5H2,(H,36,37). The molecule has 1 aromatic carbocycles. The van der Waals surface area contributed by atoms with Crippen molar-refractivity contribution in [3.05, 3.63) is 79.1 Å². The van der Waals surface area contributed by atoms with Gasteiger partial charge >= 0.3 is 0 Å². The van der Waals surface area contributed by atoms with E-state index in [-0.39, 0.29) is 11.9 Å². The molecule has 8 heteroatoms. The van der Waals surface area contributed by atoms with Crippen molar-refractivity contribution in [3.63, 3.8) is 0 Å². The first-order valence-corrected chi connectivity index (χ1v) is 12.9. The summed E-state index contributed by atoms with van der Waals surface area (Å²) in [5.41, 5.74) is 7.49. The van der Waals surface area contributed by atoms with Crippen molar-refractivity contribution >= 4 is 21.9 Å². The summed E-state index contributed by atoms with van der Waals surface area (Å²) in [4.78, 5) is 17.2. The highest BCUT2D eigenvalue weighted by atomic mass is 19.1. The molecule has 0 bridgehead atoms. The third-order valence-electron chi connectivity index (χ3n) is 7.23. The number of hydrogen-bond acceptors (Lipinski definition) is 5. The molecule has 1 fully saturated rings. The summed E-state index contributed by atoms with van der Waals surface area (Å²) in [7, 11) is 0. The molecular weight excluding hydrogens is 479 g/mol. The number of ether oxygens (including phenoxy) is 1. The molecule has 0 radical (unpaired) electrons. The van der Waals surface area contributed by atoms with Gasteiger partial charge in [0.25, 0.3) is 0 Å². The van der Waals surface area contributed by atoms with Crippen molar-refractivity contribution in [2.45, 2.75) is 38.2 Å². The fourth-order valence-corrected chi connectivity index (χ4v) is 5.28. The lowest BCUT2D eigenvalue weighted by Gasteiger charge is -2.22. The van der Waals surface area contributed by atoms with Gasteiger partial charge in [-0.1, -0.05) is 18.6 Å². The Bertz CT molecular complexity index is 1750. The Morgan fingerprint density at radius 2 is 1.66 bits per heavy atom. The van der Waals surface area contributed by atoms with E-state index in [1.54, 1.807) is 30.7 Å². The SMILES string of the molecule is Fc1ccc(-c2cncc3[nH]c(-c4n[nH]c5ccc(-c6cncc(OC7CCCCC7)c6)nc45)cc23)cc1. The van der Waals surface area contributed by atoms with E-state index >= 15 is 0 Å². The first-order valence-electron chi connectivity index (χ1n) is 12.9. The maximum absolute atomic E-state index is 13.5. The van der Waals surface area contributed by atoms with Gasteiger partial charge in [-0.2, -0.15) is 5.10 Å². The van der Waals surface area contributed by atoms with Crippen LogP contribution in [0.5, 0.6) is 5.75 Å². The first kappa shape index (κ1) is 22.6. The molecule has 7 nitrogen and oxygen atoms in total. The normalized spacial score (nSPS) is 14.3. The van der Waals surface area contributed by atoms with Crippen LogP contribution < -0.4 is 4.74 Å². The summed E-state index contributed by atoms with van der Waals surface area (Å²) in [6.07, 6.45) is 13.3. The minimum Gasteiger partial charge on any atom is -0.489 e. The van der Waals surface area contributed by atoms with Crippen LogP contribution in [0.4, 0.5) is 4.39 Å². The summed E-state index contributed by atoms with van der Waals surface area (Å²) in [5, 5.41) is 8.65. The minimum atomic E-state index is -0.269. The first-order chi connectivity index (χ1) is 18.7. The van der Waals surface area contributed by atoms with Gasteiger partial charge in [0.1, 0.15) is 22.8 Å². The molecule has 0 aliphatic heterocycles. The van der Waals surface area contributed by atoms with Gasteiger partial charge in [-0.25, -0.2) is 9.37 Å². The molecule has 38 heavy (non-hydrogen) atoms. The smallest absolute Gasteiger partial charge is 0.138 e. The molecule has 7 rings (SSSR count). The summed E-state index contributed by atoms with van der Waals surface area (Å²) in [6, 6.07) is 14.4. The predicted octanol–water partition coefficient (Wildman–Crippen LogP) is 7.08. The zero-order valence-electron chi connectivity index (χ0n) is 20.6. The molecule has 0 amide bonds. The van der Waals surface area contributed by atoms with Crippen LogP contribution in [-0.2, 0) is 0 Å². The number of nitrogens with zero attached hydrogens (tertiary/aromatic N) is 4. The number of aromatic nitrogens is 6. The lowest BCUT2D eigenvalue weighted by molar-refractivity contribution is 0.154. The Kier molecular flexibility index (Phi) is 5.57. The fraction of sp³-hybridized carbons (Fsp3) is 0.200. The zero-order valence-corrected chi connectivity index (χ0v) is 20.6.